The van der Waals surface area contributed by atoms with Crippen LogP contribution < -0.4 is 11.1 Å². The zero-order valence-electron chi connectivity index (χ0n) is 16.0. The number of hydrogen-bond acceptors (Lipinski definition) is 5. The molecule has 3 aliphatic rings. The van der Waals surface area contributed by atoms with Gasteiger partial charge in [0.15, 0.2) is 5.69 Å². The van der Waals surface area contributed by atoms with Gasteiger partial charge in [0.1, 0.15) is 5.76 Å². The molecule has 0 aromatic carbocycles. The van der Waals surface area contributed by atoms with E-state index < -0.39 is 0 Å². The van der Waals surface area contributed by atoms with Gasteiger partial charge < -0.3 is 20.5 Å². The number of nitrogens with zero attached hydrogens (tertiary/aromatic N) is 2. The Morgan fingerprint density at radius 2 is 1.93 bits per heavy atom. The average Bonchev–Trinajstić information content (AvgIpc) is 3.38. The maximum atomic E-state index is 12.9. The first-order valence-electron chi connectivity index (χ1n) is 10.3. The lowest BCUT2D eigenvalue weighted by atomic mass is 9.84. The number of carbonyl (C=O) groups is 2. The van der Waals surface area contributed by atoms with Gasteiger partial charge >= 0.3 is 0 Å². The fourth-order valence-corrected chi connectivity index (χ4v) is 4.45. The molecule has 1 aromatic rings. The third kappa shape index (κ3) is 4.18. The number of aromatic nitrogens is 1. The molecule has 0 bridgehead atoms. The topological polar surface area (TPSA) is 101 Å². The molecule has 2 saturated carbocycles. The van der Waals surface area contributed by atoms with Crippen molar-refractivity contribution in [3.05, 3.63) is 17.5 Å². The van der Waals surface area contributed by atoms with E-state index in [0.717, 1.165) is 57.1 Å². The summed E-state index contributed by atoms with van der Waals surface area (Å²) in [6.07, 6.45) is 7.48. The highest BCUT2D eigenvalue weighted by Crippen LogP contribution is 2.40. The van der Waals surface area contributed by atoms with E-state index in [1.54, 1.807) is 6.07 Å². The van der Waals surface area contributed by atoms with Crippen LogP contribution in [-0.2, 0) is 4.79 Å². The van der Waals surface area contributed by atoms with Crippen molar-refractivity contribution in [3.8, 4) is 0 Å². The van der Waals surface area contributed by atoms with Crippen molar-refractivity contribution in [1.29, 1.82) is 0 Å². The van der Waals surface area contributed by atoms with Gasteiger partial charge in [-0.1, -0.05) is 5.16 Å². The molecule has 1 saturated heterocycles. The second-order valence-corrected chi connectivity index (χ2v) is 8.58. The lowest BCUT2D eigenvalue weighted by molar-refractivity contribution is -0.140. The van der Waals surface area contributed by atoms with Gasteiger partial charge in [-0.15, -0.1) is 0 Å². The molecule has 1 aliphatic heterocycles. The monoisotopic (exact) mass is 374 g/mol. The Morgan fingerprint density at radius 1 is 1.19 bits per heavy atom. The summed E-state index contributed by atoms with van der Waals surface area (Å²) >= 11 is 0. The van der Waals surface area contributed by atoms with Crippen molar-refractivity contribution in [3.63, 3.8) is 0 Å². The van der Waals surface area contributed by atoms with Crippen LogP contribution in [0.1, 0.15) is 80.5 Å². The maximum Gasteiger partial charge on any atom is 0.273 e. The Hall–Kier alpha value is -1.89. The van der Waals surface area contributed by atoms with Gasteiger partial charge in [0, 0.05) is 42.6 Å². The second kappa shape index (κ2) is 7.62. The summed E-state index contributed by atoms with van der Waals surface area (Å²) in [7, 11) is 0. The summed E-state index contributed by atoms with van der Waals surface area (Å²) in [6, 6.07) is 2.22. The summed E-state index contributed by atoms with van der Waals surface area (Å²) in [6.45, 7) is 2.77. The summed E-state index contributed by atoms with van der Waals surface area (Å²) in [5, 5.41) is 6.98. The Labute approximate surface area is 160 Å². The first-order valence-corrected chi connectivity index (χ1v) is 10.3. The lowest BCUT2D eigenvalue weighted by Crippen LogP contribution is -2.52. The number of nitrogens with two attached hydrogens (primary N) is 1. The Bertz CT molecular complexity index is 691. The molecule has 2 aliphatic carbocycles. The van der Waals surface area contributed by atoms with Gasteiger partial charge in [0.05, 0.1) is 0 Å². The van der Waals surface area contributed by atoms with Crippen molar-refractivity contribution in [2.75, 3.05) is 6.54 Å². The minimum atomic E-state index is -0.177. The maximum absolute atomic E-state index is 12.9. The molecule has 27 heavy (non-hydrogen) atoms. The lowest BCUT2D eigenvalue weighted by Gasteiger charge is -2.40. The van der Waals surface area contributed by atoms with E-state index in [-0.39, 0.29) is 35.9 Å². The van der Waals surface area contributed by atoms with Crippen LogP contribution >= 0.6 is 0 Å². The second-order valence-electron chi connectivity index (χ2n) is 8.58. The normalized spacial score (nSPS) is 31.6. The van der Waals surface area contributed by atoms with Crippen LogP contribution in [0.15, 0.2) is 10.6 Å². The summed E-state index contributed by atoms with van der Waals surface area (Å²) in [5.41, 5.74) is 6.32. The van der Waals surface area contributed by atoms with Gasteiger partial charge in [-0.2, -0.15) is 0 Å². The van der Waals surface area contributed by atoms with E-state index in [4.69, 9.17) is 10.3 Å². The number of hydrogen-bond donors (Lipinski definition) is 2. The zero-order valence-corrected chi connectivity index (χ0v) is 16.0. The molecule has 3 fully saturated rings. The third-order valence-electron chi connectivity index (χ3n) is 6.36. The highest BCUT2D eigenvalue weighted by molar-refractivity contribution is 5.92. The zero-order chi connectivity index (χ0) is 19.0. The van der Waals surface area contributed by atoms with E-state index in [1.165, 1.54) is 0 Å². The molecule has 148 valence electrons. The highest BCUT2D eigenvalue weighted by atomic mass is 16.5. The summed E-state index contributed by atoms with van der Waals surface area (Å²) in [5.74, 6) is 1.48. The molecule has 0 spiro atoms. The number of rotatable bonds is 4. The Morgan fingerprint density at radius 3 is 2.59 bits per heavy atom. The predicted octanol–water partition coefficient (Wildman–Crippen LogP) is 2.18. The fraction of sp³-hybridized carbons (Fsp3) is 0.750. The van der Waals surface area contributed by atoms with E-state index >= 15 is 0 Å². The van der Waals surface area contributed by atoms with Crippen LogP contribution in [0.2, 0.25) is 0 Å². The fourth-order valence-electron chi connectivity index (χ4n) is 4.45. The minimum Gasteiger partial charge on any atom is -0.360 e. The first-order chi connectivity index (χ1) is 13.0. The molecule has 7 heteroatoms. The molecular formula is C20H30N4O3. The predicted molar refractivity (Wildman–Crippen MR) is 100 cm³/mol. The van der Waals surface area contributed by atoms with Gasteiger partial charge in [0.2, 0.25) is 5.91 Å². The van der Waals surface area contributed by atoms with Crippen LogP contribution in [0, 0.1) is 5.92 Å². The molecule has 7 nitrogen and oxygen atoms in total. The Kier molecular flexibility index (Phi) is 5.21. The third-order valence-corrected chi connectivity index (χ3v) is 6.36. The van der Waals surface area contributed by atoms with Crippen molar-refractivity contribution in [2.45, 2.75) is 82.3 Å². The van der Waals surface area contributed by atoms with Gasteiger partial charge in [-0.05, 0) is 58.3 Å². The summed E-state index contributed by atoms with van der Waals surface area (Å²) < 4.78 is 5.27. The molecule has 1 unspecified atom stereocenters. The van der Waals surface area contributed by atoms with Gasteiger partial charge in [0.25, 0.3) is 5.91 Å². The van der Waals surface area contributed by atoms with Gasteiger partial charge in [-0.25, -0.2) is 0 Å². The van der Waals surface area contributed by atoms with Crippen LogP contribution in [0.3, 0.4) is 0 Å². The van der Waals surface area contributed by atoms with Crippen LogP contribution in [0.4, 0.5) is 0 Å². The number of carbonyl (C=O) groups excluding carboxylic acids is 2. The minimum absolute atomic E-state index is 0.0670. The largest absolute Gasteiger partial charge is 0.360 e. The van der Waals surface area contributed by atoms with E-state index in [2.05, 4.69) is 17.4 Å². The van der Waals surface area contributed by atoms with Crippen LogP contribution in [0.25, 0.3) is 0 Å². The van der Waals surface area contributed by atoms with Crippen molar-refractivity contribution < 1.29 is 14.1 Å². The average molecular weight is 374 g/mol. The Balaban J connectivity index is 1.28. The molecule has 2 atom stereocenters. The van der Waals surface area contributed by atoms with E-state index in [0.29, 0.717) is 18.2 Å². The van der Waals surface area contributed by atoms with Crippen LogP contribution in [-0.4, -0.2) is 46.5 Å². The van der Waals surface area contributed by atoms with Crippen LogP contribution in [0.5, 0.6) is 0 Å². The van der Waals surface area contributed by atoms with Crippen molar-refractivity contribution in [1.82, 2.24) is 15.4 Å². The molecule has 0 radical (unpaired) electrons. The molecule has 2 amide bonds. The molecule has 4 rings (SSSR count). The van der Waals surface area contributed by atoms with Crippen molar-refractivity contribution >= 4 is 11.8 Å². The number of piperidine rings is 1. The number of amides is 2. The smallest absolute Gasteiger partial charge is 0.273 e. The van der Waals surface area contributed by atoms with Gasteiger partial charge in [-0.3, -0.25) is 9.59 Å². The van der Waals surface area contributed by atoms with E-state index in [1.807, 2.05) is 4.90 Å². The molecule has 2 heterocycles. The number of likely N-dealkylation sites (tertiary alicyclic amines) is 1. The van der Waals surface area contributed by atoms with Crippen molar-refractivity contribution in [2.24, 2.45) is 11.7 Å². The molecule has 1 aromatic heterocycles. The highest BCUT2D eigenvalue weighted by Gasteiger charge is 2.35. The SMILES string of the molecule is C[C@H]1CC(NC(=O)c2cc(C3CC3)on2)CCN1C(=O)C1CCC(N)CC1. The van der Waals surface area contributed by atoms with E-state index in [9.17, 15) is 9.59 Å². The standard InChI is InChI=1S/C20H30N4O3/c1-12-10-16(22-19(25)17-11-18(27-23-17)13-2-3-13)8-9-24(12)20(26)14-4-6-15(21)7-5-14/h11-16H,2-10,21H2,1H3,(H,22,25)/t12-,14?,15?,16?/m0/s1. The first kappa shape index (κ1) is 18.5. The summed E-state index contributed by atoms with van der Waals surface area (Å²) in [4.78, 5) is 27.3. The quantitative estimate of drug-likeness (QED) is 0.841. The number of nitrogens with one attached hydrogen (secondary N) is 1. The molecule has 3 N–H and O–H groups in total. The molecular weight excluding hydrogens is 344 g/mol.